The predicted molar refractivity (Wildman–Crippen MR) is 238 cm³/mol. The highest BCUT2D eigenvalue weighted by molar-refractivity contribution is 7.98. The maximum Gasteiger partial charge on any atom is 0.179 e. The number of nitrogens with zero attached hydrogens (tertiary/aromatic N) is 2. The van der Waals surface area contributed by atoms with Crippen molar-refractivity contribution in [2.24, 2.45) is 0 Å². The minimum atomic E-state index is -2.86. The zero-order valence-electron chi connectivity index (χ0n) is 29.9. The molecule has 0 atom stereocenters. The van der Waals surface area contributed by atoms with Crippen LogP contribution in [-0.2, 0) is 5.75 Å². The molecule has 0 bridgehead atoms. The molecule has 55 heavy (non-hydrogen) atoms. The molecule has 8 aromatic carbocycles. The van der Waals surface area contributed by atoms with E-state index in [4.69, 9.17) is 4.98 Å². The van der Waals surface area contributed by atoms with Crippen molar-refractivity contribution >= 4 is 83.1 Å². The van der Waals surface area contributed by atoms with Crippen molar-refractivity contribution < 1.29 is 0 Å². The highest BCUT2D eigenvalue weighted by atomic mass is 32.2. The quantitative estimate of drug-likeness (QED) is 0.124. The molecule has 10 aromatic rings. The molecular weight excluding hydrogens is 721 g/mol. The van der Waals surface area contributed by atoms with Crippen LogP contribution in [0.4, 0.5) is 0 Å². The summed E-state index contributed by atoms with van der Waals surface area (Å²) in [5.41, 5.74) is 9.68. The van der Waals surface area contributed by atoms with Gasteiger partial charge in [-0.05, 0) is 78.9 Å². The average Bonchev–Trinajstić information content (AvgIpc) is 3.84. The van der Waals surface area contributed by atoms with Crippen LogP contribution in [-0.4, -0.2) is 17.6 Å². The molecule has 2 aromatic heterocycles. The van der Waals surface area contributed by atoms with E-state index in [0.29, 0.717) is 0 Å². The number of thiophene rings is 1. The standard InChI is InChI=1S/C50H34N2S2Si/c1-3-17-38(18-4-1)55(39-19-5-2-6-20-39,41-22-12-16-36(31-41)42-24-13-27-48-49(42)43-23-8-10-26-47(43)54-48)40-21-11-15-34(30-40)35-28-29-46-44(32-35)51-50-52(46)45-25-9-7-14-37(45)33-53-50/h1-32H,33H2. The van der Waals surface area contributed by atoms with E-state index in [1.165, 1.54) is 74.4 Å². The molecule has 0 amide bonds. The summed E-state index contributed by atoms with van der Waals surface area (Å²) in [5, 5.41) is 9.17. The molecule has 1 aliphatic heterocycles. The fraction of sp³-hybridized carbons (Fsp3) is 0.0200. The molecule has 0 N–H and O–H groups in total. The Morgan fingerprint density at radius 2 is 1.11 bits per heavy atom. The van der Waals surface area contributed by atoms with Gasteiger partial charge in [-0.15, -0.1) is 11.3 Å². The predicted octanol–water partition coefficient (Wildman–Crippen LogP) is 10.7. The van der Waals surface area contributed by atoms with Crippen molar-refractivity contribution in [3.05, 3.63) is 200 Å². The summed E-state index contributed by atoms with van der Waals surface area (Å²) < 4.78 is 4.98. The van der Waals surface area contributed by atoms with E-state index in [9.17, 15) is 0 Å². The van der Waals surface area contributed by atoms with Crippen LogP contribution < -0.4 is 20.7 Å². The topological polar surface area (TPSA) is 17.8 Å². The largest absolute Gasteiger partial charge is 0.287 e. The Labute approximate surface area is 329 Å². The Bertz CT molecular complexity index is 3020. The van der Waals surface area contributed by atoms with Gasteiger partial charge < -0.3 is 0 Å². The second-order valence-electron chi connectivity index (χ2n) is 14.3. The van der Waals surface area contributed by atoms with E-state index in [0.717, 1.165) is 21.9 Å². The number of imidazole rings is 1. The van der Waals surface area contributed by atoms with Crippen LogP contribution in [0.1, 0.15) is 5.56 Å². The molecule has 1 aliphatic rings. The normalized spacial score (nSPS) is 12.6. The second-order valence-corrected chi connectivity index (χ2v) is 20.1. The van der Waals surface area contributed by atoms with Crippen LogP contribution in [0.25, 0.3) is 59.1 Å². The first-order valence-corrected chi connectivity index (χ1v) is 22.5. The van der Waals surface area contributed by atoms with Crippen LogP contribution in [0.15, 0.2) is 199 Å². The van der Waals surface area contributed by atoms with Gasteiger partial charge >= 0.3 is 0 Å². The van der Waals surface area contributed by atoms with Crippen LogP contribution >= 0.6 is 23.1 Å². The molecule has 3 heterocycles. The third-order valence-corrected chi connectivity index (χ3v) is 18.1. The minimum Gasteiger partial charge on any atom is -0.287 e. The first kappa shape index (κ1) is 32.4. The van der Waals surface area contributed by atoms with Crippen molar-refractivity contribution in [3.63, 3.8) is 0 Å². The van der Waals surface area contributed by atoms with Crippen LogP contribution in [0.3, 0.4) is 0 Å². The highest BCUT2D eigenvalue weighted by Gasteiger charge is 2.41. The number of aromatic nitrogens is 2. The smallest absolute Gasteiger partial charge is 0.179 e. The van der Waals surface area contributed by atoms with Crippen LogP contribution in [0.5, 0.6) is 0 Å². The van der Waals surface area contributed by atoms with Gasteiger partial charge in [-0.1, -0.05) is 176 Å². The SMILES string of the molecule is c1ccc([Si](c2ccccc2)(c2cccc(-c3ccc4c(c3)nc3n4-c4ccccc4CS3)c2)c2cccc(-c3cccc4sc5ccccc5c34)c2)cc1. The van der Waals surface area contributed by atoms with E-state index < -0.39 is 8.07 Å². The fourth-order valence-corrected chi connectivity index (χ4v) is 15.8. The van der Waals surface area contributed by atoms with Crippen molar-refractivity contribution in [1.29, 1.82) is 0 Å². The Morgan fingerprint density at radius 3 is 1.91 bits per heavy atom. The minimum absolute atomic E-state index is 0.945. The van der Waals surface area contributed by atoms with Gasteiger partial charge in [0.15, 0.2) is 13.2 Å². The number of fused-ring (bicyclic) bond motifs is 8. The molecule has 0 fully saturated rings. The lowest BCUT2D eigenvalue weighted by Crippen LogP contribution is -2.74. The lowest BCUT2D eigenvalue weighted by molar-refractivity contribution is 0.894. The van der Waals surface area contributed by atoms with E-state index in [1.807, 2.05) is 23.1 Å². The summed E-state index contributed by atoms with van der Waals surface area (Å²) in [5.74, 6) is 0.945. The second kappa shape index (κ2) is 13.1. The van der Waals surface area contributed by atoms with E-state index in [2.05, 4.69) is 199 Å². The Kier molecular flexibility index (Phi) is 7.73. The lowest BCUT2D eigenvalue weighted by Gasteiger charge is -2.35. The summed E-state index contributed by atoms with van der Waals surface area (Å²) in [6.07, 6.45) is 0. The van der Waals surface area contributed by atoms with Crippen molar-refractivity contribution in [2.45, 2.75) is 10.9 Å². The summed E-state index contributed by atoms with van der Waals surface area (Å²) in [6, 6.07) is 72.4. The van der Waals surface area contributed by atoms with Gasteiger partial charge in [-0.3, -0.25) is 4.57 Å². The lowest BCUT2D eigenvalue weighted by atomic mass is 10.00. The zero-order valence-corrected chi connectivity index (χ0v) is 32.5. The summed E-state index contributed by atoms with van der Waals surface area (Å²) >= 11 is 3.69. The summed E-state index contributed by atoms with van der Waals surface area (Å²) in [7, 11) is -2.86. The van der Waals surface area contributed by atoms with Crippen molar-refractivity contribution in [2.75, 3.05) is 0 Å². The summed E-state index contributed by atoms with van der Waals surface area (Å²) in [6.45, 7) is 0. The maximum atomic E-state index is 5.16. The average molecular weight is 755 g/mol. The molecule has 0 radical (unpaired) electrons. The van der Waals surface area contributed by atoms with E-state index in [1.54, 1.807) is 0 Å². The molecule has 2 nitrogen and oxygen atoms in total. The van der Waals surface area contributed by atoms with Gasteiger partial charge in [0, 0.05) is 25.9 Å². The number of benzene rings is 8. The molecule has 0 saturated carbocycles. The van der Waals surface area contributed by atoms with E-state index >= 15 is 0 Å². The van der Waals surface area contributed by atoms with Crippen molar-refractivity contribution in [3.8, 4) is 27.9 Å². The number of para-hydroxylation sites is 1. The number of hydrogen-bond donors (Lipinski definition) is 0. The molecular formula is C50H34N2S2Si. The molecule has 0 spiro atoms. The van der Waals surface area contributed by atoms with E-state index in [-0.39, 0.29) is 0 Å². The van der Waals surface area contributed by atoms with Gasteiger partial charge in [0.05, 0.1) is 16.7 Å². The van der Waals surface area contributed by atoms with Gasteiger partial charge in [0.25, 0.3) is 0 Å². The first-order chi connectivity index (χ1) is 27.3. The third-order valence-electron chi connectivity index (χ3n) is 11.3. The van der Waals surface area contributed by atoms with Gasteiger partial charge in [-0.25, -0.2) is 4.98 Å². The van der Waals surface area contributed by atoms with Gasteiger partial charge in [0.2, 0.25) is 0 Å². The van der Waals surface area contributed by atoms with Crippen LogP contribution in [0.2, 0.25) is 0 Å². The third kappa shape index (κ3) is 5.19. The summed E-state index contributed by atoms with van der Waals surface area (Å²) in [4.78, 5) is 5.16. The Hall–Kier alpha value is -5.98. The fourth-order valence-electron chi connectivity index (χ4n) is 8.80. The number of thioether (sulfide) groups is 1. The number of hydrogen-bond acceptors (Lipinski definition) is 3. The number of rotatable bonds is 6. The highest BCUT2D eigenvalue weighted by Crippen LogP contribution is 2.40. The molecule has 0 aliphatic carbocycles. The van der Waals surface area contributed by atoms with Crippen molar-refractivity contribution in [1.82, 2.24) is 9.55 Å². The molecule has 260 valence electrons. The Balaban J connectivity index is 1.12. The van der Waals surface area contributed by atoms with Gasteiger partial charge in [-0.2, -0.15) is 0 Å². The molecule has 5 heteroatoms. The van der Waals surface area contributed by atoms with Gasteiger partial charge in [0.1, 0.15) is 0 Å². The van der Waals surface area contributed by atoms with Crippen LogP contribution in [0, 0.1) is 0 Å². The monoisotopic (exact) mass is 754 g/mol. The molecule has 11 rings (SSSR count). The molecule has 0 saturated heterocycles. The Morgan fingerprint density at radius 1 is 0.491 bits per heavy atom. The zero-order chi connectivity index (χ0) is 36.3. The molecule has 0 unspecified atom stereocenters. The first-order valence-electron chi connectivity index (χ1n) is 18.7. The maximum absolute atomic E-state index is 5.16.